The summed E-state index contributed by atoms with van der Waals surface area (Å²) in [5.74, 6) is 2.94. The third-order valence-electron chi connectivity index (χ3n) is 10.9. The van der Waals surface area contributed by atoms with Crippen LogP contribution < -0.4 is 0 Å². The summed E-state index contributed by atoms with van der Waals surface area (Å²) in [7, 11) is 0. The zero-order valence-corrected chi connectivity index (χ0v) is 40.0. The topological polar surface area (TPSA) is 77.3 Å². The van der Waals surface area contributed by atoms with Gasteiger partial charge in [-0.1, -0.05) is 125 Å². The van der Waals surface area contributed by atoms with Crippen LogP contribution in [-0.2, 0) is 0 Å². The lowest BCUT2D eigenvalue weighted by Crippen LogP contribution is -1.88. The van der Waals surface area contributed by atoms with Gasteiger partial charge >= 0.3 is 0 Å². The van der Waals surface area contributed by atoms with Gasteiger partial charge in [-0.2, -0.15) is 0 Å². The van der Waals surface area contributed by atoms with Crippen molar-refractivity contribution in [2.75, 3.05) is 0 Å². The Hall–Kier alpha value is -5.96. The molecule has 0 saturated carbocycles. The Kier molecular flexibility index (Phi) is 18.1. The van der Waals surface area contributed by atoms with Gasteiger partial charge in [0.2, 0.25) is 0 Å². The first-order chi connectivity index (χ1) is 30.4. The molecular weight excluding hydrogens is 821 g/mol. The second-order valence-electron chi connectivity index (χ2n) is 17.2. The van der Waals surface area contributed by atoms with Crippen molar-refractivity contribution >= 4 is 75.6 Å². The molecule has 0 amide bonds. The smallest absolute Gasteiger partial charge is 0.116 e. The summed E-state index contributed by atoms with van der Waals surface area (Å²) >= 11 is 3.40. The fourth-order valence-electron chi connectivity index (χ4n) is 6.75. The summed E-state index contributed by atoms with van der Waals surface area (Å²) in [4.78, 5) is 24.9. The van der Waals surface area contributed by atoms with Gasteiger partial charge in [-0.15, -0.1) is 22.7 Å². The molecule has 0 saturated heterocycles. The third kappa shape index (κ3) is 13.5. The Labute approximate surface area is 389 Å². The Balaban J connectivity index is 0.000000150. The first-order valence-corrected chi connectivity index (χ1v) is 23.7. The molecule has 0 spiro atoms. The van der Waals surface area contributed by atoms with E-state index in [0.29, 0.717) is 29.6 Å². The molecule has 8 heteroatoms. The van der Waals surface area contributed by atoms with Crippen LogP contribution in [0.2, 0.25) is 0 Å². The molecule has 10 rings (SSSR count). The molecule has 0 N–H and O–H groups in total. The van der Waals surface area contributed by atoms with Gasteiger partial charge in [-0.25, -0.2) is 19.9 Å². The van der Waals surface area contributed by atoms with Crippen LogP contribution >= 0.6 is 22.7 Å². The highest BCUT2D eigenvalue weighted by atomic mass is 32.1. The van der Waals surface area contributed by atoms with Crippen molar-refractivity contribution in [2.24, 2.45) is 0 Å². The lowest BCUT2D eigenvalue weighted by Gasteiger charge is -2.05. The molecule has 5 aromatic carbocycles. The number of nitrogens with zero attached hydrogens (tertiary/aromatic N) is 6. The van der Waals surface area contributed by atoms with E-state index in [4.69, 9.17) is 0 Å². The molecule has 330 valence electrons. The number of fused-ring (bicyclic) bond motifs is 5. The van der Waals surface area contributed by atoms with E-state index in [-0.39, 0.29) is 7.43 Å². The standard InChI is InChI=1S/2C12H13N.C11H12N2.2C10H11NS.CH4/c1-9(2)10-3-4-12-8-13-6-5-11(12)7-10;1-9(2)11-4-3-10-5-6-13-8-12(10)7-11;1-8(2)9-3-4-11-10(5-9)6-12-7-13-11;1-7(2)8-3-4-10-9(5-8)11-6-12-10;1-7(2)8-3-4-9-10(5-8)12-6-11-9;/h2*3-9H,1-2H3;3-8H,1-2H3;2*3-7H,1-2H3;1H4. The second-order valence-corrected chi connectivity index (χ2v) is 19.0. The summed E-state index contributed by atoms with van der Waals surface area (Å²) in [5.41, 5.74) is 13.9. The maximum atomic E-state index is 4.28. The molecule has 6 nitrogen and oxygen atoms in total. The minimum atomic E-state index is 0. The number of hydrogen-bond acceptors (Lipinski definition) is 8. The van der Waals surface area contributed by atoms with Crippen molar-refractivity contribution in [1.82, 2.24) is 29.9 Å². The van der Waals surface area contributed by atoms with E-state index in [1.807, 2.05) is 54.1 Å². The summed E-state index contributed by atoms with van der Waals surface area (Å²) in [6, 6.07) is 36.5. The number of hydrogen-bond donors (Lipinski definition) is 0. The predicted octanol–water partition coefficient (Wildman–Crippen LogP) is 16.9. The van der Waals surface area contributed by atoms with E-state index in [1.54, 1.807) is 29.0 Å². The van der Waals surface area contributed by atoms with Crippen molar-refractivity contribution in [3.63, 3.8) is 0 Å². The molecular formula is C56H64N6S2. The summed E-state index contributed by atoms with van der Waals surface area (Å²) in [5, 5.41) is 6.11. The van der Waals surface area contributed by atoms with Gasteiger partial charge in [0, 0.05) is 47.1 Å². The Bertz CT molecular complexity index is 2710. The SMILES string of the molecule is C.CC(C)c1ccc2ccncc2c1.CC(C)c1ccc2cnccc2c1.CC(C)c1ccc2ncncc2c1.CC(C)c1ccc2ncsc2c1.CC(C)c1ccc2scnc2c1. The fourth-order valence-corrected chi connectivity index (χ4v) is 8.13. The van der Waals surface area contributed by atoms with Gasteiger partial charge in [-0.3, -0.25) is 9.97 Å². The highest BCUT2D eigenvalue weighted by molar-refractivity contribution is 7.17. The molecule has 0 aliphatic heterocycles. The van der Waals surface area contributed by atoms with Gasteiger partial charge in [0.15, 0.2) is 0 Å². The predicted molar refractivity (Wildman–Crippen MR) is 279 cm³/mol. The molecule has 0 fully saturated rings. The monoisotopic (exact) mass is 884 g/mol. The molecule has 5 heterocycles. The van der Waals surface area contributed by atoms with E-state index in [2.05, 4.69) is 190 Å². The van der Waals surface area contributed by atoms with Crippen LogP contribution in [0.4, 0.5) is 0 Å². The normalized spacial score (nSPS) is 10.9. The van der Waals surface area contributed by atoms with Crippen LogP contribution in [0, 0.1) is 0 Å². The first-order valence-electron chi connectivity index (χ1n) is 21.9. The maximum Gasteiger partial charge on any atom is 0.116 e. The molecule has 0 atom stereocenters. The average Bonchev–Trinajstić information content (AvgIpc) is 3.99. The van der Waals surface area contributed by atoms with Gasteiger partial charge in [0.1, 0.15) is 6.33 Å². The first kappa shape index (κ1) is 49.1. The molecule has 0 unspecified atom stereocenters. The van der Waals surface area contributed by atoms with E-state index >= 15 is 0 Å². The van der Waals surface area contributed by atoms with Crippen LogP contribution in [0.1, 0.15) is 134 Å². The molecule has 0 bridgehead atoms. The summed E-state index contributed by atoms with van der Waals surface area (Å²) in [6.07, 6.45) is 10.9. The van der Waals surface area contributed by atoms with Crippen LogP contribution in [-0.4, -0.2) is 29.9 Å². The lowest BCUT2D eigenvalue weighted by atomic mass is 10.0. The summed E-state index contributed by atoms with van der Waals surface area (Å²) in [6.45, 7) is 22.0. The average molecular weight is 885 g/mol. The fraction of sp³-hybridized carbons (Fsp3) is 0.286. The molecule has 10 aromatic rings. The van der Waals surface area contributed by atoms with Crippen LogP contribution in [0.25, 0.3) is 52.9 Å². The van der Waals surface area contributed by atoms with Crippen molar-refractivity contribution in [3.05, 3.63) is 179 Å². The van der Waals surface area contributed by atoms with E-state index in [9.17, 15) is 0 Å². The molecule has 5 aromatic heterocycles. The largest absolute Gasteiger partial charge is 0.264 e. The molecule has 0 radical (unpaired) electrons. The van der Waals surface area contributed by atoms with Crippen LogP contribution in [0.15, 0.2) is 151 Å². The Morgan fingerprint density at radius 1 is 0.344 bits per heavy atom. The number of benzene rings is 5. The maximum absolute atomic E-state index is 4.28. The van der Waals surface area contributed by atoms with Gasteiger partial charge < -0.3 is 0 Å². The number of aromatic nitrogens is 6. The van der Waals surface area contributed by atoms with Crippen molar-refractivity contribution in [3.8, 4) is 0 Å². The van der Waals surface area contributed by atoms with E-state index in [0.717, 1.165) is 21.9 Å². The van der Waals surface area contributed by atoms with Gasteiger partial charge in [-0.05, 0) is 123 Å². The number of pyridine rings is 2. The lowest BCUT2D eigenvalue weighted by molar-refractivity contribution is 0.868. The van der Waals surface area contributed by atoms with Gasteiger partial charge in [0.05, 0.1) is 37.0 Å². The second kappa shape index (κ2) is 23.6. The van der Waals surface area contributed by atoms with Crippen molar-refractivity contribution in [1.29, 1.82) is 0 Å². The quantitative estimate of drug-likeness (QED) is 0.171. The Morgan fingerprint density at radius 2 is 0.797 bits per heavy atom. The Morgan fingerprint density at radius 3 is 1.44 bits per heavy atom. The minimum Gasteiger partial charge on any atom is -0.264 e. The number of thiazole rings is 2. The van der Waals surface area contributed by atoms with Crippen molar-refractivity contribution in [2.45, 2.75) is 106 Å². The molecule has 0 aliphatic carbocycles. The number of rotatable bonds is 5. The van der Waals surface area contributed by atoms with Gasteiger partial charge in [0.25, 0.3) is 0 Å². The molecule has 64 heavy (non-hydrogen) atoms. The third-order valence-corrected chi connectivity index (χ3v) is 12.5. The zero-order valence-electron chi connectivity index (χ0n) is 38.3. The van der Waals surface area contributed by atoms with Crippen LogP contribution in [0.3, 0.4) is 0 Å². The van der Waals surface area contributed by atoms with Crippen LogP contribution in [0.5, 0.6) is 0 Å². The summed E-state index contributed by atoms with van der Waals surface area (Å²) < 4.78 is 2.57. The highest BCUT2D eigenvalue weighted by Crippen LogP contribution is 2.25. The van der Waals surface area contributed by atoms with E-state index in [1.165, 1.54) is 58.8 Å². The minimum absolute atomic E-state index is 0. The molecule has 0 aliphatic rings. The van der Waals surface area contributed by atoms with E-state index < -0.39 is 0 Å². The highest BCUT2D eigenvalue weighted by Gasteiger charge is 2.04. The van der Waals surface area contributed by atoms with Crippen molar-refractivity contribution < 1.29 is 0 Å². The zero-order chi connectivity index (χ0) is 44.9.